The maximum Gasteiger partial charge on any atom is 0.305 e. The number of aromatic hydroxyl groups is 1. The normalized spacial score (nSPS) is 23.1. The highest BCUT2D eigenvalue weighted by atomic mass is 32.2. The number of rotatable bonds is 16. The van der Waals surface area contributed by atoms with E-state index in [0.29, 0.717) is 18.4 Å². The summed E-state index contributed by atoms with van der Waals surface area (Å²) in [5.41, 5.74) is 16.8. The third-order valence-electron chi connectivity index (χ3n) is 9.79. The van der Waals surface area contributed by atoms with E-state index in [9.17, 15) is 63.0 Å². The Balaban J connectivity index is 2.58. The molecule has 2 rings (SSSR count). The van der Waals surface area contributed by atoms with Gasteiger partial charge in [0.15, 0.2) is 5.96 Å². The van der Waals surface area contributed by atoms with Gasteiger partial charge in [-0.25, -0.2) is 0 Å². The summed E-state index contributed by atoms with van der Waals surface area (Å²) in [5.74, 6) is -12.1. The van der Waals surface area contributed by atoms with Crippen molar-refractivity contribution in [3.63, 3.8) is 0 Å². The second-order valence-electron chi connectivity index (χ2n) is 15.4. The molecular formula is C40H61N13O13S3. The van der Waals surface area contributed by atoms with Gasteiger partial charge in [-0.2, -0.15) is 25.3 Å². The lowest BCUT2D eigenvalue weighted by molar-refractivity contribution is -0.141. The fraction of sp³-hybridized carbons (Fsp3) is 0.550. The fourth-order valence-electron chi connectivity index (χ4n) is 6.23. The molecule has 29 heteroatoms. The maximum absolute atomic E-state index is 13.8. The molecule has 1 aliphatic heterocycles. The Kier molecular flexibility index (Phi) is 26.2. The van der Waals surface area contributed by atoms with Crippen LogP contribution in [0.4, 0.5) is 0 Å². The number of aliphatic carboxylic acids is 1. The summed E-state index contributed by atoms with van der Waals surface area (Å²) >= 11 is 9.19. The number of nitrogens with one attached hydrogen (secondary N) is 9. The minimum absolute atomic E-state index is 0.0170. The molecule has 0 aromatic heterocycles. The van der Waals surface area contributed by atoms with E-state index in [4.69, 9.17) is 17.2 Å². The number of phenols is 1. The van der Waals surface area contributed by atoms with Crippen molar-refractivity contribution < 1.29 is 63.0 Å². The monoisotopic (exact) mass is 1030 g/mol. The summed E-state index contributed by atoms with van der Waals surface area (Å²) in [7, 11) is 0. The van der Waals surface area contributed by atoms with Gasteiger partial charge >= 0.3 is 5.97 Å². The van der Waals surface area contributed by atoms with E-state index in [1.807, 2.05) is 0 Å². The summed E-state index contributed by atoms with van der Waals surface area (Å²) in [5, 5.41) is 41.3. The number of hydrogen-bond donors (Lipinski definition) is 16. The van der Waals surface area contributed by atoms with E-state index in [0.717, 1.165) is 11.8 Å². The Labute approximate surface area is 411 Å². The van der Waals surface area contributed by atoms with Crippen LogP contribution in [-0.2, 0) is 59.2 Å². The third kappa shape index (κ3) is 22.9. The lowest BCUT2D eigenvalue weighted by atomic mass is 10.0. The first-order valence-electron chi connectivity index (χ1n) is 21.4. The van der Waals surface area contributed by atoms with Crippen molar-refractivity contribution in [3.05, 3.63) is 29.8 Å². The molecule has 1 fully saturated rings. The average molecular weight is 1030 g/mol. The average Bonchev–Trinajstić information content (AvgIpc) is 3.28. The lowest BCUT2D eigenvalue weighted by Gasteiger charge is -2.25. The molecule has 0 unspecified atom stereocenters. The van der Waals surface area contributed by atoms with Crippen LogP contribution in [0.15, 0.2) is 29.3 Å². The van der Waals surface area contributed by atoms with E-state index in [1.165, 1.54) is 31.2 Å². The minimum atomic E-state index is -1.83. The molecule has 0 saturated carbocycles. The lowest BCUT2D eigenvalue weighted by Crippen LogP contribution is -2.60. The highest BCUT2D eigenvalue weighted by molar-refractivity contribution is 8.00. The van der Waals surface area contributed by atoms with Gasteiger partial charge in [0.1, 0.15) is 48.0 Å². The second-order valence-corrected chi connectivity index (χ2v) is 17.2. The number of primary amides is 1. The summed E-state index contributed by atoms with van der Waals surface area (Å²) in [6, 6.07) is -4.82. The van der Waals surface area contributed by atoms with Gasteiger partial charge in [-0.3, -0.25) is 57.7 Å². The number of nitrogens with two attached hydrogens (primary N) is 3. The highest BCUT2D eigenvalue weighted by Gasteiger charge is 2.33. The third-order valence-corrected chi connectivity index (χ3v) is 11.6. The molecule has 10 amide bonds. The fourth-order valence-corrected chi connectivity index (χ4v) is 7.61. The van der Waals surface area contributed by atoms with E-state index < -0.39 is 120 Å². The SMILES string of the molecule is CC(=O)NCCCC[C@@H]1NC(=O)CSC[C@@H](C(N)=O)NC(=O)[C@H](Cc2ccc(O)cc2)NC(=O)[C@H](CS)NC(=O)[C@H](CC(=O)O)NC(=O)CNC(=O)[C@H](CCCN=C(N)N)NC(=O)[C@H](CS)NC1=O. The summed E-state index contributed by atoms with van der Waals surface area (Å²) in [6.45, 7) is 0.752. The number of unbranched alkanes of at least 4 members (excludes halogenated alkanes) is 1. The van der Waals surface area contributed by atoms with E-state index in [-0.39, 0.29) is 73.6 Å². The first kappa shape index (κ1) is 58.6. The number of aliphatic imine (C=N–C) groups is 1. The van der Waals surface area contributed by atoms with Gasteiger partial charge in [-0.1, -0.05) is 12.1 Å². The van der Waals surface area contributed by atoms with Crippen LogP contribution in [0.1, 0.15) is 51.0 Å². The Hall–Kier alpha value is -6.49. The molecule has 7 atom stereocenters. The summed E-state index contributed by atoms with van der Waals surface area (Å²) in [6.07, 6.45) is -0.498. The molecule has 1 aromatic rings. The molecule has 1 aliphatic rings. The highest BCUT2D eigenvalue weighted by Crippen LogP contribution is 2.13. The number of carbonyl (C=O) groups excluding carboxylic acids is 10. The van der Waals surface area contributed by atoms with Crippen molar-refractivity contribution in [2.24, 2.45) is 22.2 Å². The van der Waals surface area contributed by atoms with Gasteiger partial charge in [0.2, 0.25) is 59.1 Å². The molecule has 0 radical (unpaired) electrons. The molecule has 26 nitrogen and oxygen atoms in total. The number of hydrogen-bond acceptors (Lipinski definition) is 16. The van der Waals surface area contributed by atoms with Gasteiger partial charge in [0.05, 0.1) is 18.7 Å². The van der Waals surface area contributed by atoms with Crippen LogP contribution in [0.3, 0.4) is 0 Å². The maximum atomic E-state index is 13.8. The largest absolute Gasteiger partial charge is 0.508 e. The van der Waals surface area contributed by atoms with Crippen LogP contribution >= 0.6 is 37.0 Å². The van der Waals surface area contributed by atoms with Gasteiger partial charge in [0.25, 0.3) is 0 Å². The van der Waals surface area contributed by atoms with Gasteiger partial charge in [0, 0.05) is 43.7 Å². The molecule has 0 spiro atoms. The van der Waals surface area contributed by atoms with Crippen LogP contribution < -0.4 is 65.1 Å². The smallest absolute Gasteiger partial charge is 0.305 e. The molecule has 0 aliphatic carbocycles. The Morgan fingerprint density at radius 2 is 1.22 bits per heavy atom. The van der Waals surface area contributed by atoms with E-state index in [1.54, 1.807) is 0 Å². The van der Waals surface area contributed by atoms with E-state index in [2.05, 4.69) is 78.1 Å². The van der Waals surface area contributed by atoms with Crippen molar-refractivity contribution >= 4 is 108 Å². The first-order chi connectivity index (χ1) is 32.6. The minimum Gasteiger partial charge on any atom is -0.508 e. The predicted octanol–water partition coefficient (Wildman–Crippen LogP) is -5.63. The van der Waals surface area contributed by atoms with E-state index >= 15 is 0 Å². The van der Waals surface area contributed by atoms with Crippen molar-refractivity contribution in [3.8, 4) is 5.75 Å². The number of guanidine groups is 1. The van der Waals surface area contributed by atoms with Crippen LogP contribution in [0.5, 0.6) is 5.75 Å². The van der Waals surface area contributed by atoms with Crippen LogP contribution in [-0.4, -0.2) is 166 Å². The first-order valence-corrected chi connectivity index (χ1v) is 23.8. The Morgan fingerprint density at radius 3 is 1.78 bits per heavy atom. The van der Waals surface area contributed by atoms with Crippen LogP contribution in [0.25, 0.3) is 0 Å². The molecule has 17 N–H and O–H groups in total. The zero-order valence-corrected chi connectivity index (χ0v) is 40.2. The quantitative estimate of drug-likeness (QED) is 0.0318. The molecule has 1 saturated heterocycles. The number of carboxylic acids is 1. The second kappa shape index (κ2) is 30.8. The Bertz CT molecular complexity index is 2030. The molecule has 69 heavy (non-hydrogen) atoms. The zero-order chi connectivity index (χ0) is 51.6. The van der Waals surface area contributed by atoms with Gasteiger partial charge < -0.3 is 75.3 Å². The molecule has 0 bridgehead atoms. The number of phenolic OH excluding ortho intramolecular Hbond substituents is 1. The predicted molar refractivity (Wildman–Crippen MR) is 257 cm³/mol. The van der Waals surface area contributed by atoms with Gasteiger partial charge in [-0.15, -0.1) is 11.8 Å². The summed E-state index contributed by atoms with van der Waals surface area (Å²) < 4.78 is 0. The number of carboxylic acid groups (broad SMARTS) is 1. The summed E-state index contributed by atoms with van der Waals surface area (Å²) in [4.78, 5) is 148. The van der Waals surface area contributed by atoms with Crippen molar-refractivity contribution in [2.45, 2.75) is 94.2 Å². The van der Waals surface area contributed by atoms with Crippen molar-refractivity contribution in [1.29, 1.82) is 0 Å². The van der Waals surface area contributed by atoms with Crippen molar-refractivity contribution in [2.75, 3.05) is 42.6 Å². The Morgan fingerprint density at radius 1 is 0.696 bits per heavy atom. The van der Waals surface area contributed by atoms with Crippen molar-refractivity contribution in [1.82, 2.24) is 47.9 Å². The topological polar surface area (TPSA) is 427 Å². The number of thiol groups is 2. The number of thioether (sulfide) groups is 1. The van der Waals surface area contributed by atoms with Crippen LogP contribution in [0, 0.1) is 0 Å². The molecule has 382 valence electrons. The molecular weight excluding hydrogens is 967 g/mol. The number of nitrogens with zero attached hydrogens (tertiary/aromatic N) is 1. The standard InChI is InChI=1S/C40H61N13O13S3/c1-20(54)44-11-3-2-5-24-35(62)51-27(16-67)38(65)49-23(6-4-12-45-40(42)43)34(61)46-15-30(56)48-26(14-32(58)59)37(64)52-28(17-68)39(66)50-25(13-21-7-9-22(55)10-8-21)36(63)53-29(33(41)60)18-69-19-31(57)47-24/h7-10,23-29,55,67-68H,2-6,11-19H2,1H3,(H2,41,60)(H,44,54)(H,46,61)(H,47,57)(H,48,56)(H,49,65)(H,50,66)(H,51,62)(H,52,64)(H,53,63)(H,58,59)(H4,42,43,45)/t23-,24-,25-,26-,27-,28-,29-/m0/s1. The number of benzene rings is 1. The molecule has 1 heterocycles. The van der Waals surface area contributed by atoms with Gasteiger partial charge in [-0.05, 0) is 49.8 Å². The number of amides is 10. The van der Waals surface area contributed by atoms with Crippen LogP contribution in [0.2, 0.25) is 0 Å². The number of carbonyl (C=O) groups is 11. The molecule has 1 aromatic carbocycles. The zero-order valence-electron chi connectivity index (χ0n) is 37.6.